The van der Waals surface area contributed by atoms with Crippen LogP contribution in [0.2, 0.25) is 5.02 Å². The molecule has 2 amide bonds. The van der Waals surface area contributed by atoms with Crippen LogP contribution in [0.1, 0.15) is 20.0 Å². The number of carboxylic acid groups (broad SMARTS) is 1. The summed E-state index contributed by atoms with van der Waals surface area (Å²) in [4.78, 5) is 34.6. The SMILES string of the molecule is O=C(O)CNC(=O)c1ccc(NC(=O)c2cccs2)cc1Cl. The van der Waals surface area contributed by atoms with Crippen LogP contribution >= 0.6 is 22.9 Å². The standard InChI is InChI=1S/C14H11ClN2O4S/c15-10-6-8(17-14(21)11-2-1-5-22-11)3-4-9(10)13(20)16-7-12(18)19/h1-6H,7H2,(H,16,20)(H,17,21)(H,18,19). The fourth-order valence-electron chi connectivity index (χ4n) is 1.63. The summed E-state index contributed by atoms with van der Waals surface area (Å²) in [6, 6.07) is 7.83. The Morgan fingerprint density at radius 2 is 1.95 bits per heavy atom. The van der Waals surface area contributed by atoms with Crippen LogP contribution in [0.15, 0.2) is 35.7 Å². The van der Waals surface area contributed by atoms with Crippen LogP contribution in [-0.2, 0) is 4.79 Å². The highest BCUT2D eigenvalue weighted by molar-refractivity contribution is 7.12. The molecule has 6 nitrogen and oxygen atoms in total. The lowest BCUT2D eigenvalue weighted by Gasteiger charge is -2.08. The zero-order valence-electron chi connectivity index (χ0n) is 11.1. The Morgan fingerprint density at radius 1 is 1.18 bits per heavy atom. The van der Waals surface area contributed by atoms with Gasteiger partial charge in [-0.15, -0.1) is 11.3 Å². The third kappa shape index (κ3) is 4.06. The highest BCUT2D eigenvalue weighted by Gasteiger charge is 2.13. The summed E-state index contributed by atoms with van der Waals surface area (Å²) in [5.74, 6) is -2.01. The van der Waals surface area contributed by atoms with Crippen molar-refractivity contribution in [1.82, 2.24) is 5.32 Å². The molecule has 0 saturated heterocycles. The van der Waals surface area contributed by atoms with Gasteiger partial charge in [-0.2, -0.15) is 0 Å². The number of anilines is 1. The maximum Gasteiger partial charge on any atom is 0.322 e. The lowest BCUT2D eigenvalue weighted by Crippen LogP contribution is -2.29. The van der Waals surface area contributed by atoms with Crippen LogP contribution < -0.4 is 10.6 Å². The fraction of sp³-hybridized carbons (Fsp3) is 0.0714. The van der Waals surface area contributed by atoms with Crippen LogP contribution in [0.25, 0.3) is 0 Å². The average Bonchev–Trinajstić information content (AvgIpc) is 2.99. The van der Waals surface area contributed by atoms with Crippen LogP contribution in [-0.4, -0.2) is 29.4 Å². The predicted octanol–water partition coefficient (Wildman–Crippen LogP) is 2.47. The summed E-state index contributed by atoms with van der Waals surface area (Å²) in [5.41, 5.74) is 0.579. The van der Waals surface area contributed by atoms with Crippen molar-refractivity contribution in [2.24, 2.45) is 0 Å². The minimum Gasteiger partial charge on any atom is -0.480 e. The molecule has 1 aromatic carbocycles. The van der Waals surface area contributed by atoms with Gasteiger partial charge in [0, 0.05) is 5.69 Å². The van der Waals surface area contributed by atoms with E-state index in [2.05, 4.69) is 10.6 Å². The van der Waals surface area contributed by atoms with Crippen molar-refractivity contribution in [3.8, 4) is 0 Å². The molecular weight excluding hydrogens is 328 g/mol. The monoisotopic (exact) mass is 338 g/mol. The number of amides is 2. The molecule has 8 heteroatoms. The van der Waals surface area contributed by atoms with Gasteiger partial charge in [-0.3, -0.25) is 14.4 Å². The van der Waals surface area contributed by atoms with Crippen molar-refractivity contribution in [2.75, 3.05) is 11.9 Å². The Labute approximate surface area is 134 Å². The minimum atomic E-state index is -1.15. The van der Waals surface area contributed by atoms with Gasteiger partial charge in [-0.25, -0.2) is 0 Å². The second-order valence-electron chi connectivity index (χ2n) is 4.20. The van der Waals surface area contributed by atoms with E-state index in [-0.39, 0.29) is 16.5 Å². The first-order chi connectivity index (χ1) is 10.5. The molecular formula is C14H11ClN2O4S. The van der Waals surface area contributed by atoms with Gasteiger partial charge in [0.05, 0.1) is 15.5 Å². The second kappa shape index (κ2) is 7.06. The second-order valence-corrected chi connectivity index (χ2v) is 5.56. The van der Waals surface area contributed by atoms with E-state index in [4.69, 9.17) is 16.7 Å². The molecule has 22 heavy (non-hydrogen) atoms. The van der Waals surface area contributed by atoms with E-state index in [1.807, 2.05) is 0 Å². The van der Waals surface area contributed by atoms with Crippen LogP contribution in [0.3, 0.4) is 0 Å². The van der Waals surface area contributed by atoms with E-state index >= 15 is 0 Å². The number of benzene rings is 1. The third-order valence-corrected chi connectivity index (χ3v) is 3.80. The molecule has 0 aliphatic heterocycles. The Kier molecular flexibility index (Phi) is 5.13. The van der Waals surface area contributed by atoms with E-state index in [0.29, 0.717) is 10.6 Å². The first kappa shape index (κ1) is 16.0. The molecule has 0 unspecified atom stereocenters. The van der Waals surface area contributed by atoms with Gasteiger partial charge in [0.1, 0.15) is 6.54 Å². The first-order valence-corrected chi connectivity index (χ1v) is 7.37. The van der Waals surface area contributed by atoms with Crippen molar-refractivity contribution >= 4 is 46.4 Å². The van der Waals surface area contributed by atoms with Crippen LogP contribution in [0.5, 0.6) is 0 Å². The summed E-state index contributed by atoms with van der Waals surface area (Å²) in [6.07, 6.45) is 0. The third-order valence-electron chi connectivity index (χ3n) is 2.62. The van der Waals surface area contributed by atoms with Crippen molar-refractivity contribution < 1.29 is 19.5 Å². The maximum atomic E-state index is 11.9. The number of carbonyl (C=O) groups excluding carboxylic acids is 2. The summed E-state index contributed by atoms with van der Waals surface area (Å²) in [6.45, 7) is -0.494. The number of hydrogen-bond donors (Lipinski definition) is 3. The molecule has 0 fully saturated rings. The number of aliphatic carboxylic acids is 1. The molecule has 0 aliphatic rings. The molecule has 1 aromatic heterocycles. The highest BCUT2D eigenvalue weighted by Crippen LogP contribution is 2.22. The molecule has 0 spiro atoms. The van der Waals surface area contributed by atoms with Gasteiger partial charge >= 0.3 is 5.97 Å². The Hall–Kier alpha value is -2.38. The van der Waals surface area contributed by atoms with Crippen molar-refractivity contribution in [3.05, 3.63) is 51.2 Å². The molecule has 0 radical (unpaired) electrons. The Balaban J connectivity index is 2.07. The lowest BCUT2D eigenvalue weighted by atomic mass is 10.2. The van der Waals surface area contributed by atoms with Gasteiger partial charge in [0.15, 0.2) is 0 Å². The molecule has 114 valence electrons. The summed E-state index contributed by atoms with van der Waals surface area (Å²) in [5, 5.41) is 15.3. The molecule has 2 rings (SSSR count). The number of carboxylic acids is 1. The van der Waals surface area contributed by atoms with Crippen LogP contribution in [0.4, 0.5) is 5.69 Å². The minimum absolute atomic E-state index is 0.117. The summed E-state index contributed by atoms with van der Waals surface area (Å²) >= 11 is 7.30. The van der Waals surface area contributed by atoms with Gasteiger partial charge in [-0.1, -0.05) is 17.7 Å². The molecule has 0 bridgehead atoms. The van der Waals surface area contributed by atoms with Crippen molar-refractivity contribution in [3.63, 3.8) is 0 Å². The van der Waals surface area contributed by atoms with Crippen molar-refractivity contribution in [1.29, 1.82) is 0 Å². The van der Waals surface area contributed by atoms with E-state index in [1.54, 1.807) is 17.5 Å². The Bertz CT molecular complexity index is 716. The largest absolute Gasteiger partial charge is 0.480 e. The first-order valence-electron chi connectivity index (χ1n) is 6.12. The van der Waals surface area contributed by atoms with E-state index in [9.17, 15) is 14.4 Å². The molecule has 3 N–H and O–H groups in total. The number of carbonyl (C=O) groups is 3. The number of hydrogen-bond acceptors (Lipinski definition) is 4. The summed E-state index contributed by atoms with van der Waals surface area (Å²) in [7, 11) is 0. The van der Waals surface area contributed by atoms with Crippen molar-refractivity contribution in [2.45, 2.75) is 0 Å². The molecule has 2 aromatic rings. The number of halogens is 1. The maximum absolute atomic E-state index is 11.9. The number of thiophene rings is 1. The highest BCUT2D eigenvalue weighted by atomic mass is 35.5. The number of nitrogens with one attached hydrogen (secondary N) is 2. The Morgan fingerprint density at radius 3 is 2.55 bits per heavy atom. The zero-order valence-corrected chi connectivity index (χ0v) is 12.7. The van der Waals surface area contributed by atoms with Gasteiger partial charge in [-0.05, 0) is 29.6 Å². The number of rotatable bonds is 5. The molecule has 0 atom stereocenters. The molecule has 1 heterocycles. The summed E-state index contributed by atoms with van der Waals surface area (Å²) < 4.78 is 0. The molecule has 0 saturated carbocycles. The lowest BCUT2D eigenvalue weighted by molar-refractivity contribution is -0.135. The van der Waals surface area contributed by atoms with Crippen LogP contribution in [0, 0.1) is 0 Å². The predicted molar refractivity (Wildman–Crippen MR) is 83.7 cm³/mol. The van der Waals surface area contributed by atoms with E-state index < -0.39 is 18.4 Å². The quantitative estimate of drug-likeness (QED) is 0.780. The van der Waals surface area contributed by atoms with E-state index in [1.165, 1.54) is 29.5 Å². The fourth-order valence-corrected chi connectivity index (χ4v) is 2.51. The average molecular weight is 339 g/mol. The zero-order chi connectivity index (χ0) is 16.1. The van der Waals surface area contributed by atoms with Gasteiger partial charge < -0.3 is 15.7 Å². The smallest absolute Gasteiger partial charge is 0.322 e. The van der Waals surface area contributed by atoms with Gasteiger partial charge in [0.2, 0.25) is 0 Å². The topological polar surface area (TPSA) is 95.5 Å². The van der Waals surface area contributed by atoms with Gasteiger partial charge in [0.25, 0.3) is 11.8 Å². The van der Waals surface area contributed by atoms with E-state index in [0.717, 1.165) is 0 Å². The normalized spacial score (nSPS) is 10.0. The molecule has 0 aliphatic carbocycles.